The third kappa shape index (κ3) is 4.46. The lowest BCUT2D eigenvalue weighted by Crippen LogP contribution is -2.51. The van der Waals surface area contributed by atoms with E-state index >= 15 is 0 Å². The number of Topliss-reactive ketones (excluding diaryl/α,β-unsaturated/α-hetero) is 1. The minimum atomic E-state index is -0.687. The Balaban J connectivity index is 1.44. The van der Waals surface area contributed by atoms with Crippen molar-refractivity contribution in [3.63, 3.8) is 0 Å². The maximum atomic E-state index is 13.1. The molecule has 1 fully saturated rings. The van der Waals surface area contributed by atoms with Crippen LogP contribution in [-0.2, 0) is 4.79 Å². The highest BCUT2D eigenvalue weighted by atomic mass is 16.2. The maximum Gasteiger partial charge on any atom is 0.267 e. The Morgan fingerprint density at radius 3 is 2.16 bits per heavy atom. The van der Waals surface area contributed by atoms with Gasteiger partial charge in [0.15, 0.2) is 5.78 Å². The van der Waals surface area contributed by atoms with Crippen LogP contribution in [0, 0.1) is 0 Å². The van der Waals surface area contributed by atoms with Crippen molar-refractivity contribution in [3.05, 3.63) is 82.6 Å². The first kappa shape index (κ1) is 21.5. The molecule has 1 atom stereocenters. The predicted molar refractivity (Wildman–Crippen MR) is 124 cm³/mol. The van der Waals surface area contributed by atoms with Crippen LogP contribution in [0.2, 0.25) is 0 Å². The van der Waals surface area contributed by atoms with Gasteiger partial charge in [-0.1, -0.05) is 30.3 Å². The van der Waals surface area contributed by atoms with Crippen molar-refractivity contribution in [3.8, 4) is 11.3 Å². The lowest BCUT2D eigenvalue weighted by atomic mass is 10.1. The van der Waals surface area contributed by atoms with Gasteiger partial charge in [0.25, 0.3) is 5.56 Å². The quantitative estimate of drug-likeness (QED) is 0.582. The second-order valence-electron chi connectivity index (χ2n) is 7.96. The van der Waals surface area contributed by atoms with Crippen molar-refractivity contribution in [2.24, 2.45) is 0 Å². The summed E-state index contributed by atoms with van der Waals surface area (Å²) in [4.78, 5) is 41.0. The molecule has 3 aromatic rings. The van der Waals surface area contributed by atoms with Crippen LogP contribution < -0.4 is 10.5 Å². The van der Waals surface area contributed by atoms with Crippen molar-refractivity contribution < 1.29 is 9.59 Å². The summed E-state index contributed by atoms with van der Waals surface area (Å²) in [6.07, 6.45) is 0. The fourth-order valence-electron chi connectivity index (χ4n) is 3.93. The number of rotatable bonds is 5. The van der Waals surface area contributed by atoms with E-state index in [2.05, 4.69) is 10.00 Å². The number of carbonyl (C=O) groups excluding carboxylic acids is 2. The number of benzene rings is 2. The van der Waals surface area contributed by atoms with Crippen LogP contribution >= 0.6 is 0 Å². The Labute approximate surface area is 186 Å². The smallest absolute Gasteiger partial charge is 0.267 e. The molecule has 0 spiro atoms. The van der Waals surface area contributed by atoms with Gasteiger partial charge in [-0.3, -0.25) is 14.4 Å². The van der Waals surface area contributed by atoms with Gasteiger partial charge < -0.3 is 9.80 Å². The van der Waals surface area contributed by atoms with Crippen molar-refractivity contribution in [1.29, 1.82) is 0 Å². The first-order valence-electron chi connectivity index (χ1n) is 10.7. The van der Waals surface area contributed by atoms with Gasteiger partial charge in [0.1, 0.15) is 6.04 Å². The third-order valence-electron chi connectivity index (χ3n) is 5.85. The minimum absolute atomic E-state index is 0.0427. The van der Waals surface area contributed by atoms with Gasteiger partial charge >= 0.3 is 0 Å². The van der Waals surface area contributed by atoms with Crippen molar-refractivity contribution in [1.82, 2.24) is 14.7 Å². The van der Waals surface area contributed by atoms with Gasteiger partial charge in [0.05, 0.1) is 5.69 Å². The topological polar surface area (TPSA) is 75.5 Å². The molecular weight excluding hydrogens is 404 g/mol. The number of hydrogen-bond donors (Lipinski definition) is 0. The van der Waals surface area contributed by atoms with Crippen LogP contribution in [0.3, 0.4) is 0 Å². The summed E-state index contributed by atoms with van der Waals surface area (Å²) in [6, 6.07) is 19.6. The normalized spacial score (nSPS) is 14.8. The molecule has 1 amide bonds. The van der Waals surface area contributed by atoms with Gasteiger partial charge in [-0.2, -0.15) is 5.10 Å². The lowest BCUT2D eigenvalue weighted by Gasteiger charge is -2.37. The molecule has 0 radical (unpaired) electrons. The summed E-state index contributed by atoms with van der Waals surface area (Å²) in [7, 11) is 0. The van der Waals surface area contributed by atoms with E-state index in [0.29, 0.717) is 37.4 Å². The van der Waals surface area contributed by atoms with Gasteiger partial charge in [-0.15, -0.1) is 0 Å². The second-order valence-corrected chi connectivity index (χ2v) is 7.96. The van der Waals surface area contributed by atoms with Gasteiger partial charge in [0, 0.05) is 49.1 Å². The molecular formula is C25H26N4O3. The van der Waals surface area contributed by atoms with Gasteiger partial charge in [0.2, 0.25) is 5.91 Å². The largest absolute Gasteiger partial charge is 0.368 e. The average molecular weight is 431 g/mol. The monoisotopic (exact) mass is 430 g/mol. The fourth-order valence-corrected chi connectivity index (χ4v) is 3.93. The van der Waals surface area contributed by atoms with Crippen molar-refractivity contribution in [2.45, 2.75) is 19.9 Å². The molecule has 32 heavy (non-hydrogen) atoms. The predicted octanol–water partition coefficient (Wildman–Crippen LogP) is 3.02. The van der Waals surface area contributed by atoms with E-state index in [9.17, 15) is 14.4 Å². The third-order valence-corrected chi connectivity index (χ3v) is 5.85. The maximum absolute atomic E-state index is 13.1. The highest BCUT2D eigenvalue weighted by Gasteiger charge is 2.27. The standard InChI is InChI=1S/C25H26N4O3/c1-18(29-24(31)13-12-23(26-29)21-6-4-3-5-7-21)25(32)28-16-14-27(15-17-28)22-10-8-20(9-11-22)19(2)30/h3-13,18H,14-17H2,1-2H3. The summed E-state index contributed by atoms with van der Waals surface area (Å²) >= 11 is 0. The first-order valence-corrected chi connectivity index (χ1v) is 10.7. The Kier molecular flexibility index (Phi) is 6.16. The summed E-state index contributed by atoms with van der Waals surface area (Å²) in [5, 5.41) is 4.46. The molecule has 2 heterocycles. The molecule has 1 unspecified atom stereocenters. The summed E-state index contributed by atoms with van der Waals surface area (Å²) in [6.45, 7) is 5.76. The summed E-state index contributed by atoms with van der Waals surface area (Å²) < 4.78 is 1.28. The first-order chi connectivity index (χ1) is 15.4. The molecule has 4 rings (SSSR count). The lowest BCUT2D eigenvalue weighted by molar-refractivity contribution is -0.135. The Morgan fingerprint density at radius 2 is 1.53 bits per heavy atom. The highest BCUT2D eigenvalue weighted by Crippen LogP contribution is 2.20. The van der Waals surface area contributed by atoms with E-state index in [1.54, 1.807) is 24.8 Å². The van der Waals surface area contributed by atoms with Crippen molar-refractivity contribution in [2.75, 3.05) is 31.1 Å². The molecule has 164 valence electrons. The summed E-state index contributed by atoms with van der Waals surface area (Å²) in [5.74, 6) is -0.0717. The molecule has 1 aliphatic rings. The molecule has 1 aliphatic heterocycles. The number of nitrogens with zero attached hydrogens (tertiary/aromatic N) is 4. The zero-order valence-electron chi connectivity index (χ0n) is 18.3. The van der Waals surface area contributed by atoms with E-state index in [1.165, 1.54) is 10.7 Å². The zero-order valence-corrected chi connectivity index (χ0v) is 18.3. The Hall–Kier alpha value is -3.74. The summed E-state index contributed by atoms with van der Waals surface area (Å²) in [5.41, 5.74) is 2.97. The van der Waals surface area contributed by atoms with Gasteiger partial charge in [-0.25, -0.2) is 4.68 Å². The molecule has 0 saturated carbocycles. The van der Waals surface area contributed by atoms with Crippen LogP contribution in [0.25, 0.3) is 11.3 Å². The number of aromatic nitrogens is 2. The minimum Gasteiger partial charge on any atom is -0.368 e. The Bertz CT molecular complexity index is 1160. The van der Waals surface area contributed by atoms with Crippen molar-refractivity contribution >= 4 is 17.4 Å². The molecule has 1 aromatic heterocycles. The van der Waals surface area contributed by atoms with Crippen LogP contribution in [0.4, 0.5) is 5.69 Å². The molecule has 0 N–H and O–H groups in total. The molecule has 7 nitrogen and oxygen atoms in total. The molecule has 0 aliphatic carbocycles. The van der Waals surface area contributed by atoms with E-state index in [4.69, 9.17) is 0 Å². The number of ketones is 1. The number of piperazine rings is 1. The highest BCUT2D eigenvalue weighted by molar-refractivity contribution is 5.94. The van der Waals surface area contributed by atoms with E-state index < -0.39 is 6.04 Å². The average Bonchev–Trinajstić information content (AvgIpc) is 2.84. The van der Waals surface area contributed by atoms with E-state index in [0.717, 1.165) is 11.3 Å². The second kappa shape index (κ2) is 9.18. The number of carbonyl (C=O) groups is 2. The van der Waals surface area contributed by atoms with Crippen LogP contribution in [0.15, 0.2) is 71.5 Å². The zero-order chi connectivity index (χ0) is 22.7. The number of anilines is 1. The van der Waals surface area contributed by atoms with E-state index in [1.807, 2.05) is 54.6 Å². The van der Waals surface area contributed by atoms with Crippen LogP contribution in [0.1, 0.15) is 30.2 Å². The SMILES string of the molecule is CC(=O)c1ccc(N2CCN(C(=O)C(C)n3nc(-c4ccccc4)ccc3=O)CC2)cc1. The van der Waals surface area contributed by atoms with Crippen LogP contribution in [-0.4, -0.2) is 52.5 Å². The molecule has 1 saturated heterocycles. The number of hydrogen-bond acceptors (Lipinski definition) is 5. The van der Waals surface area contributed by atoms with E-state index in [-0.39, 0.29) is 17.2 Å². The fraction of sp³-hybridized carbons (Fsp3) is 0.280. The molecule has 7 heteroatoms. The molecule has 2 aromatic carbocycles. The Morgan fingerprint density at radius 1 is 0.875 bits per heavy atom. The molecule has 0 bridgehead atoms. The van der Waals surface area contributed by atoms with Crippen LogP contribution in [0.5, 0.6) is 0 Å². The van der Waals surface area contributed by atoms with Gasteiger partial charge in [-0.05, 0) is 44.2 Å². The number of amides is 1.